The van der Waals surface area contributed by atoms with Gasteiger partial charge in [0.05, 0.1) is 18.6 Å². The molecule has 3 aliphatic rings. The molecule has 1 aromatic carbocycles. The SMILES string of the molecule is CCN1CCCC1N(C)C(=O)CNC(=O)C1=C(C)NC(=CC2C(=O)Nc3ccc(F)cc32)C1C. The van der Waals surface area contributed by atoms with Gasteiger partial charge in [-0.05, 0) is 56.1 Å². The first-order valence-corrected chi connectivity index (χ1v) is 11.8. The normalized spacial score (nSPS) is 25.4. The summed E-state index contributed by atoms with van der Waals surface area (Å²) in [5, 5.41) is 8.73. The lowest BCUT2D eigenvalue weighted by Gasteiger charge is -2.31. The van der Waals surface area contributed by atoms with Gasteiger partial charge in [-0.1, -0.05) is 13.8 Å². The first kappa shape index (κ1) is 23.9. The highest BCUT2D eigenvalue weighted by Crippen LogP contribution is 2.37. The molecule has 0 bridgehead atoms. The Hall–Kier alpha value is -3.20. The van der Waals surface area contributed by atoms with Crippen LogP contribution in [0.3, 0.4) is 0 Å². The van der Waals surface area contributed by atoms with Crippen LogP contribution in [-0.4, -0.2) is 60.4 Å². The molecule has 3 heterocycles. The summed E-state index contributed by atoms with van der Waals surface area (Å²) in [6.45, 7) is 7.53. The van der Waals surface area contributed by atoms with Crippen molar-refractivity contribution in [2.45, 2.75) is 45.7 Å². The molecule has 0 spiro atoms. The molecule has 8 nitrogen and oxygen atoms in total. The second-order valence-electron chi connectivity index (χ2n) is 9.14. The van der Waals surface area contributed by atoms with E-state index in [0.717, 1.165) is 25.9 Å². The molecule has 0 saturated carbocycles. The minimum atomic E-state index is -0.644. The molecule has 1 aromatic rings. The summed E-state index contributed by atoms with van der Waals surface area (Å²) in [5.41, 5.74) is 3.06. The summed E-state index contributed by atoms with van der Waals surface area (Å²) in [7, 11) is 1.78. The summed E-state index contributed by atoms with van der Waals surface area (Å²) >= 11 is 0. The summed E-state index contributed by atoms with van der Waals surface area (Å²) < 4.78 is 13.8. The molecule has 3 atom stereocenters. The fraction of sp³-hybridized carbons (Fsp3) is 0.480. The van der Waals surface area contributed by atoms with Gasteiger partial charge in [-0.25, -0.2) is 4.39 Å². The average Bonchev–Trinajstić information content (AvgIpc) is 3.48. The number of halogens is 1. The molecule has 3 amide bonds. The Morgan fingerprint density at radius 1 is 1.32 bits per heavy atom. The molecule has 34 heavy (non-hydrogen) atoms. The molecule has 3 unspecified atom stereocenters. The van der Waals surface area contributed by atoms with Crippen LogP contribution in [0.25, 0.3) is 0 Å². The maximum absolute atomic E-state index is 13.8. The van der Waals surface area contributed by atoms with Crippen LogP contribution >= 0.6 is 0 Å². The van der Waals surface area contributed by atoms with Crippen LogP contribution in [0.4, 0.5) is 10.1 Å². The van der Waals surface area contributed by atoms with E-state index < -0.39 is 11.7 Å². The lowest BCUT2D eigenvalue weighted by molar-refractivity contribution is -0.135. The number of rotatable bonds is 6. The van der Waals surface area contributed by atoms with Gasteiger partial charge in [0.1, 0.15) is 5.82 Å². The Morgan fingerprint density at radius 3 is 2.82 bits per heavy atom. The Kier molecular flexibility index (Phi) is 6.74. The zero-order valence-electron chi connectivity index (χ0n) is 20.1. The number of benzene rings is 1. The van der Waals surface area contributed by atoms with Gasteiger partial charge in [0.15, 0.2) is 0 Å². The summed E-state index contributed by atoms with van der Waals surface area (Å²) in [6, 6.07) is 4.22. The number of allylic oxidation sites excluding steroid dienone is 2. The topological polar surface area (TPSA) is 93.8 Å². The van der Waals surface area contributed by atoms with Gasteiger partial charge in [-0.3, -0.25) is 19.3 Å². The van der Waals surface area contributed by atoms with Crippen molar-refractivity contribution in [3.05, 3.63) is 52.6 Å². The number of carbonyl (C=O) groups excluding carboxylic acids is 3. The highest BCUT2D eigenvalue weighted by atomic mass is 19.1. The van der Waals surface area contributed by atoms with Crippen LogP contribution < -0.4 is 16.0 Å². The minimum absolute atomic E-state index is 0.0715. The molecule has 0 aromatic heterocycles. The van der Waals surface area contributed by atoms with Crippen LogP contribution in [0.2, 0.25) is 0 Å². The fourth-order valence-corrected chi connectivity index (χ4v) is 5.18. The summed E-state index contributed by atoms with van der Waals surface area (Å²) in [6.07, 6.45) is 3.81. The van der Waals surface area contributed by atoms with Crippen molar-refractivity contribution in [2.24, 2.45) is 5.92 Å². The zero-order chi connectivity index (χ0) is 24.6. The minimum Gasteiger partial charge on any atom is -0.362 e. The number of likely N-dealkylation sites (tertiary alicyclic amines) is 1. The lowest BCUT2D eigenvalue weighted by atomic mass is 9.94. The smallest absolute Gasteiger partial charge is 0.250 e. The largest absolute Gasteiger partial charge is 0.362 e. The van der Waals surface area contributed by atoms with Crippen molar-refractivity contribution < 1.29 is 18.8 Å². The van der Waals surface area contributed by atoms with Crippen molar-refractivity contribution in [1.29, 1.82) is 0 Å². The summed E-state index contributed by atoms with van der Waals surface area (Å²) in [5.74, 6) is -2.04. The molecular weight excluding hydrogens is 437 g/mol. The van der Waals surface area contributed by atoms with E-state index in [0.29, 0.717) is 28.2 Å². The Morgan fingerprint density at radius 2 is 2.09 bits per heavy atom. The molecule has 1 saturated heterocycles. The van der Waals surface area contributed by atoms with E-state index in [9.17, 15) is 18.8 Å². The molecule has 0 aliphatic carbocycles. The van der Waals surface area contributed by atoms with Gasteiger partial charge in [0.2, 0.25) is 17.7 Å². The van der Waals surface area contributed by atoms with Gasteiger partial charge in [-0.15, -0.1) is 0 Å². The molecule has 9 heteroatoms. The number of hydrogen-bond acceptors (Lipinski definition) is 5. The number of likely N-dealkylation sites (N-methyl/N-ethyl adjacent to an activating group) is 1. The van der Waals surface area contributed by atoms with Crippen LogP contribution in [0, 0.1) is 11.7 Å². The molecule has 3 N–H and O–H groups in total. The summed E-state index contributed by atoms with van der Waals surface area (Å²) in [4.78, 5) is 42.2. The first-order valence-electron chi connectivity index (χ1n) is 11.8. The Bertz CT molecular complexity index is 1080. The van der Waals surface area contributed by atoms with Crippen molar-refractivity contribution >= 4 is 23.4 Å². The van der Waals surface area contributed by atoms with E-state index in [4.69, 9.17) is 0 Å². The second kappa shape index (κ2) is 9.58. The van der Waals surface area contributed by atoms with E-state index in [1.807, 2.05) is 6.92 Å². The maximum Gasteiger partial charge on any atom is 0.250 e. The number of amides is 3. The van der Waals surface area contributed by atoms with Gasteiger partial charge in [-0.2, -0.15) is 0 Å². The number of hydrogen-bond donors (Lipinski definition) is 3. The molecular formula is C25H32FN5O3. The standard InChI is InChI=1S/C25H32FN5O3/c1-5-31-10-6-7-21(31)30(4)22(32)13-27-25(34)23-14(2)20(28-15(23)3)12-18-17-11-16(26)8-9-19(17)29-24(18)33/h8-9,11-12,14,18,21,28H,5-7,10,13H2,1-4H3,(H,27,34)(H,29,33). The zero-order valence-corrected chi connectivity index (χ0v) is 20.1. The van der Waals surface area contributed by atoms with E-state index >= 15 is 0 Å². The highest BCUT2D eigenvalue weighted by molar-refractivity contribution is 6.04. The molecule has 4 rings (SSSR count). The van der Waals surface area contributed by atoms with E-state index in [1.54, 1.807) is 31.0 Å². The monoisotopic (exact) mass is 469 g/mol. The lowest BCUT2D eigenvalue weighted by Crippen LogP contribution is -2.48. The predicted molar refractivity (Wildman–Crippen MR) is 127 cm³/mol. The quantitative estimate of drug-likeness (QED) is 0.594. The van der Waals surface area contributed by atoms with Crippen molar-refractivity contribution in [3.8, 4) is 0 Å². The fourth-order valence-electron chi connectivity index (χ4n) is 5.18. The number of anilines is 1. The van der Waals surface area contributed by atoms with Gasteiger partial charge < -0.3 is 20.9 Å². The first-order chi connectivity index (χ1) is 16.2. The van der Waals surface area contributed by atoms with Crippen LogP contribution in [0.5, 0.6) is 0 Å². The third kappa shape index (κ3) is 4.44. The van der Waals surface area contributed by atoms with Crippen molar-refractivity contribution in [1.82, 2.24) is 20.4 Å². The van der Waals surface area contributed by atoms with Gasteiger partial charge in [0.25, 0.3) is 0 Å². The maximum atomic E-state index is 13.8. The number of nitrogens with one attached hydrogen (secondary N) is 3. The van der Waals surface area contributed by atoms with Crippen molar-refractivity contribution in [3.63, 3.8) is 0 Å². The number of fused-ring (bicyclic) bond motifs is 1. The molecule has 0 radical (unpaired) electrons. The van der Waals surface area contributed by atoms with Crippen LogP contribution in [-0.2, 0) is 14.4 Å². The van der Waals surface area contributed by atoms with E-state index in [-0.39, 0.29) is 36.3 Å². The van der Waals surface area contributed by atoms with Gasteiger partial charge >= 0.3 is 0 Å². The number of carbonyl (C=O) groups is 3. The van der Waals surface area contributed by atoms with E-state index in [1.165, 1.54) is 12.1 Å². The number of nitrogens with zero attached hydrogens (tertiary/aromatic N) is 2. The highest BCUT2D eigenvalue weighted by Gasteiger charge is 2.35. The van der Waals surface area contributed by atoms with E-state index in [2.05, 4.69) is 27.8 Å². The molecule has 182 valence electrons. The second-order valence-corrected chi connectivity index (χ2v) is 9.14. The third-order valence-electron chi connectivity index (χ3n) is 7.09. The average molecular weight is 470 g/mol. The Labute approximate surface area is 199 Å². The van der Waals surface area contributed by atoms with Gasteiger partial charge in [0, 0.05) is 42.2 Å². The molecule has 1 fully saturated rings. The molecule has 3 aliphatic heterocycles. The van der Waals surface area contributed by atoms with Crippen LogP contribution in [0.1, 0.15) is 45.1 Å². The predicted octanol–water partition coefficient (Wildman–Crippen LogP) is 2.28. The van der Waals surface area contributed by atoms with Crippen molar-refractivity contribution in [2.75, 3.05) is 32.0 Å². The van der Waals surface area contributed by atoms with Crippen LogP contribution in [0.15, 0.2) is 41.2 Å². The Balaban J connectivity index is 1.41. The third-order valence-corrected chi connectivity index (χ3v) is 7.09.